The van der Waals surface area contributed by atoms with E-state index in [1.54, 1.807) is 12.3 Å². The summed E-state index contributed by atoms with van der Waals surface area (Å²) < 4.78 is 0. The summed E-state index contributed by atoms with van der Waals surface area (Å²) in [5.41, 5.74) is 4.75. The molecule has 0 spiro atoms. The summed E-state index contributed by atoms with van der Waals surface area (Å²) in [6, 6.07) is 17.3. The average Bonchev–Trinajstić information content (AvgIpc) is 3.16. The van der Waals surface area contributed by atoms with Crippen LogP contribution in [0.5, 0.6) is 0 Å². The highest BCUT2D eigenvalue weighted by Crippen LogP contribution is 2.30. The molecule has 5 nitrogen and oxygen atoms in total. The Morgan fingerprint density at radius 1 is 1.14 bits per heavy atom. The van der Waals surface area contributed by atoms with Crippen molar-refractivity contribution in [1.29, 1.82) is 0 Å². The number of aromatic nitrogens is 2. The number of benzene rings is 2. The van der Waals surface area contributed by atoms with Gasteiger partial charge in [-0.2, -0.15) is 0 Å². The lowest BCUT2D eigenvalue weighted by Crippen LogP contribution is -2.33. The van der Waals surface area contributed by atoms with Crippen LogP contribution in [0.1, 0.15) is 22.6 Å². The van der Waals surface area contributed by atoms with Crippen molar-refractivity contribution in [1.82, 2.24) is 15.3 Å². The first-order valence-electron chi connectivity index (χ1n) is 9.39. The van der Waals surface area contributed by atoms with Crippen LogP contribution in [-0.4, -0.2) is 22.5 Å². The first-order chi connectivity index (χ1) is 14.1. The minimum absolute atomic E-state index is 0.0361. The van der Waals surface area contributed by atoms with Crippen molar-refractivity contribution in [3.8, 4) is 0 Å². The number of nitrogens with zero attached hydrogens (tertiary/aromatic N) is 1. The van der Waals surface area contributed by atoms with Gasteiger partial charge in [0.2, 0.25) is 0 Å². The number of carbonyl (C=O) groups is 1. The molecule has 0 saturated carbocycles. The molecule has 29 heavy (non-hydrogen) atoms. The maximum absolute atomic E-state index is 12.6. The number of nitrogens with one attached hydrogen (secondary N) is 3. The molecular formula is C23H21ClN4O. The lowest BCUT2D eigenvalue weighted by Gasteiger charge is -2.18. The summed E-state index contributed by atoms with van der Waals surface area (Å²) in [5.74, 6) is -0.0361. The van der Waals surface area contributed by atoms with Crippen LogP contribution in [-0.2, 0) is 0 Å². The molecule has 4 rings (SSSR count). The molecule has 1 atom stereocenters. The first-order valence-corrected chi connectivity index (χ1v) is 9.77. The van der Waals surface area contributed by atoms with E-state index < -0.39 is 0 Å². The van der Waals surface area contributed by atoms with Gasteiger partial charge in [0.1, 0.15) is 0 Å². The fourth-order valence-corrected chi connectivity index (χ4v) is 3.65. The number of halogens is 1. The fourth-order valence-electron chi connectivity index (χ4n) is 3.48. The molecule has 3 N–H and O–H groups in total. The predicted octanol–water partition coefficient (Wildman–Crippen LogP) is 5.48. The van der Waals surface area contributed by atoms with Gasteiger partial charge in [0.05, 0.1) is 0 Å². The Balaban J connectivity index is 1.56. The van der Waals surface area contributed by atoms with Crippen LogP contribution in [0.25, 0.3) is 10.9 Å². The third-order valence-electron chi connectivity index (χ3n) is 5.07. The summed E-state index contributed by atoms with van der Waals surface area (Å²) in [6.07, 6.45) is 5.59. The summed E-state index contributed by atoms with van der Waals surface area (Å²) in [5, 5.41) is 7.63. The Bertz CT molecular complexity index is 1140. The summed E-state index contributed by atoms with van der Waals surface area (Å²) in [6.45, 7) is 2.31. The average molecular weight is 405 g/mol. The van der Waals surface area contributed by atoms with Crippen molar-refractivity contribution in [2.24, 2.45) is 0 Å². The van der Waals surface area contributed by atoms with Crippen molar-refractivity contribution in [2.75, 3.05) is 11.9 Å². The number of para-hydroxylation sites is 1. The van der Waals surface area contributed by atoms with Crippen LogP contribution in [0.15, 0.2) is 73.2 Å². The largest absolute Gasteiger partial charge is 0.361 e. The molecule has 4 aromatic rings. The molecular weight excluding hydrogens is 384 g/mol. The number of anilines is 1. The molecule has 6 heteroatoms. The minimum atomic E-state index is -0.274. The number of amides is 2. The van der Waals surface area contributed by atoms with Crippen molar-refractivity contribution in [3.63, 3.8) is 0 Å². The van der Waals surface area contributed by atoms with Crippen LogP contribution in [0, 0.1) is 6.92 Å². The normalized spacial score (nSPS) is 11.9. The number of H-pyrrole nitrogens is 1. The lowest BCUT2D eigenvalue weighted by atomic mass is 9.92. The summed E-state index contributed by atoms with van der Waals surface area (Å²) in [7, 11) is 0. The predicted molar refractivity (Wildman–Crippen MR) is 118 cm³/mol. The van der Waals surface area contributed by atoms with Gasteiger partial charge in [0, 0.05) is 52.7 Å². The molecule has 146 valence electrons. The zero-order valence-electron chi connectivity index (χ0n) is 15.9. The van der Waals surface area contributed by atoms with E-state index in [9.17, 15) is 4.79 Å². The Hall–Kier alpha value is -3.31. The van der Waals surface area contributed by atoms with Gasteiger partial charge in [-0.25, -0.2) is 4.79 Å². The Morgan fingerprint density at radius 2 is 2.00 bits per heavy atom. The third-order valence-corrected chi connectivity index (χ3v) is 5.48. The zero-order valence-corrected chi connectivity index (χ0v) is 16.7. The third kappa shape index (κ3) is 4.10. The first kappa shape index (κ1) is 19.0. The smallest absolute Gasteiger partial charge is 0.319 e. The SMILES string of the molecule is Cc1c(Cl)cccc1NC(=O)NC[C@@H](c1cccnc1)c1c[nH]c2ccccc12. The molecule has 2 amide bonds. The number of aromatic amines is 1. The van der Waals surface area contributed by atoms with E-state index in [0.29, 0.717) is 17.3 Å². The second-order valence-electron chi connectivity index (χ2n) is 6.88. The molecule has 0 radical (unpaired) electrons. The Labute approximate surface area is 174 Å². The Morgan fingerprint density at radius 3 is 2.83 bits per heavy atom. The zero-order chi connectivity index (χ0) is 20.2. The Kier molecular flexibility index (Phi) is 5.49. The van der Waals surface area contributed by atoms with E-state index in [2.05, 4.69) is 26.7 Å². The molecule has 0 aliphatic carbocycles. The van der Waals surface area contributed by atoms with Gasteiger partial charge in [0.25, 0.3) is 0 Å². The number of pyridine rings is 1. The van der Waals surface area contributed by atoms with Crippen LogP contribution < -0.4 is 10.6 Å². The number of hydrogen-bond donors (Lipinski definition) is 3. The van der Waals surface area contributed by atoms with Crippen molar-refractivity contribution < 1.29 is 4.79 Å². The van der Waals surface area contributed by atoms with E-state index in [4.69, 9.17) is 11.6 Å². The van der Waals surface area contributed by atoms with Gasteiger partial charge in [0.15, 0.2) is 0 Å². The highest BCUT2D eigenvalue weighted by atomic mass is 35.5. The number of fused-ring (bicyclic) bond motifs is 1. The number of urea groups is 1. The van der Waals surface area contributed by atoms with E-state index >= 15 is 0 Å². The van der Waals surface area contributed by atoms with Crippen LogP contribution in [0.3, 0.4) is 0 Å². The molecule has 2 aromatic carbocycles. The molecule has 2 heterocycles. The van der Waals surface area contributed by atoms with Crippen LogP contribution in [0.4, 0.5) is 10.5 Å². The molecule has 0 bridgehead atoms. The number of carbonyl (C=O) groups excluding carboxylic acids is 1. The highest BCUT2D eigenvalue weighted by molar-refractivity contribution is 6.31. The van der Waals surface area contributed by atoms with E-state index in [1.165, 1.54) is 0 Å². The van der Waals surface area contributed by atoms with Gasteiger partial charge < -0.3 is 15.6 Å². The van der Waals surface area contributed by atoms with Gasteiger partial charge in [-0.15, -0.1) is 0 Å². The van der Waals surface area contributed by atoms with Gasteiger partial charge in [-0.1, -0.05) is 41.9 Å². The second kappa shape index (κ2) is 8.37. The molecule has 0 aliphatic heterocycles. The van der Waals surface area contributed by atoms with E-state index in [1.807, 2.05) is 61.8 Å². The monoisotopic (exact) mass is 404 g/mol. The molecule has 0 fully saturated rings. The fraction of sp³-hybridized carbons (Fsp3) is 0.130. The van der Waals surface area contributed by atoms with Crippen molar-refractivity contribution in [3.05, 3.63) is 94.9 Å². The number of rotatable bonds is 5. The summed E-state index contributed by atoms with van der Waals surface area (Å²) in [4.78, 5) is 20.1. The van der Waals surface area contributed by atoms with E-state index in [-0.39, 0.29) is 11.9 Å². The maximum atomic E-state index is 12.6. The standard InChI is InChI=1S/C23H21ClN4O/c1-15-20(24)8-4-10-21(15)28-23(29)27-13-18(16-6-5-11-25-12-16)19-14-26-22-9-3-2-7-17(19)22/h2-12,14,18,26H,13H2,1H3,(H2,27,28,29)/t18-/m0/s1. The topological polar surface area (TPSA) is 69.8 Å². The van der Waals surface area contributed by atoms with Crippen molar-refractivity contribution in [2.45, 2.75) is 12.8 Å². The van der Waals surface area contributed by atoms with Gasteiger partial charge in [-0.05, 0) is 47.9 Å². The molecule has 0 saturated heterocycles. The molecule has 2 aromatic heterocycles. The minimum Gasteiger partial charge on any atom is -0.361 e. The quantitative estimate of drug-likeness (QED) is 0.412. The second-order valence-corrected chi connectivity index (χ2v) is 7.28. The summed E-state index contributed by atoms with van der Waals surface area (Å²) >= 11 is 6.15. The highest BCUT2D eigenvalue weighted by Gasteiger charge is 2.19. The lowest BCUT2D eigenvalue weighted by molar-refractivity contribution is 0.252. The van der Waals surface area contributed by atoms with Gasteiger partial charge >= 0.3 is 6.03 Å². The van der Waals surface area contributed by atoms with Gasteiger partial charge in [-0.3, -0.25) is 4.98 Å². The number of hydrogen-bond acceptors (Lipinski definition) is 2. The van der Waals surface area contributed by atoms with E-state index in [0.717, 1.165) is 27.6 Å². The van der Waals surface area contributed by atoms with Crippen LogP contribution >= 0.6 is 11.6 Å². The molecule has 0 aliphatic rings. The van der Waals surface area contributed by atoms with Crippen LogP contribution in [0.2, 0.25) is 5.02 Å². The van der Waals surface area contributed by atoms with Crippen molar-refractivity contribution >= 4 is 34.2 Å². The maximum Gasteiger partial charge on any atom is 0.319 e. The molecule has 0 unspecified atom stereocenters.